The van der Waals surface area contributed by atoms with Gasteiger partial charge in [-0.3, -0.25) is 4.79 Å². The molecular formula is C18H18FN3O3. The number of halogens is 1. The summed E-state index contributed by atoms with van der Waals surface area (Å²) in [5.41, 5.74) is -0.830. The fourth-order valence-electron chi connectivity index (χ4n) is 2.91. The Hall–Kier alpha value is -2.75. The highest BCUT2D eigenvalue weighted by molar-refractivity contribution is 5.88. The largest absolute Gasteiger partial charge is 0.478 e. The minimum absolute atomic E-state index is 0.126. The van der Waals surface area contributed by atoms with Crippen molar-refractivity contribution in [3.63, 3.8) is 0 Å². The molecule has 1 aromatic rings. The topological polar surface area (TPSA) is 91.1 Å². The predicted molar refractivity (Wildman–Crippen MR) is 87.3 cm³/mol. The quantitative estimate of drug-likeness (QED) is 0.711. The third-order valence-corrected chi connectivity index (χ3v) is 4.63. The lowest BCUT2D eigenvalue weighted by Gasteiger charge is -2.19. The van der Waals surface area contributed by atoms with Gasteiger partial charge in [0.1, 0.15) is 5.82 Å². The SMILES string of the molecule is C#CCCC1(CCC(=O)NC2(c3cc(F)cc(C(=O)O)c3)CC2)N=N1. The Balaban J connectivity index is 1.62. The highest BCUT2D eigenvalue weighted by Gasteiger charge is 2.47. The first-order valence-electron chi connectivity index (χ1n) is 8.11. The number of carboxylic acid groups (broad SMARTS) is 1. The van der Waals surface area contributed by atoms with Crippen LogP contribution in [0.4, 0.5) is 4.39 Å². The first-order valence-corrected chi connectivity index (χ1v) is 8.11. The van der Waals surface area contributed by atoms with Crippen molar-refractivity contribution < 1.29 is 19.1 Å². The molecule has 0 aromatic heterocycles. The Kier molecular flexibility index (Phi) is 4.29. The van der Waals surface area contributed by atoms with Crippen molar-refractivity contribution in [3.05, 3.63) is 35.1 Å². The predicted octanol–water partition coefficient (Wildman–Crippen LogP) is 2.98. The van der Waals surface area contributed by atoms with Crippen LogP contribution in [0.3, 0.4) is 0 Å². The fraction of sp³-hybridized carbons (Fsp3) is 0.444. The van der Waals surface area contributed by atoms with Crippen LogP contribution in [-0.2, 0) is 10.3 Å². The standard InChI is InChI=1S/C18H18FN3O3/c1-2-3-5-18(21-22-18)6-4-15(23)20-17(7-8-17)13-9-12(16(24)25)10-14(19)11-13/h1,9-11H,3-8H2,(H,20,23)(H,24,25). The molecule has 1 aromatic carbocycles. The fourth-order valence-corrected chi connectivity index (χ4v) is 2.91. The van der Waals surface area contributed by atoms with Crippen molar-refractivity contribution >= 4 is 11.9 Å². The summed E-state index contributed by atoms with van der Waals surface area (Å²) in [5, 5.41) is 20.0. The molecule has 1 aliphatic heterocycles. The highest BCUT2D eigenvalue weighted by atomic mass is 19.1. The van der Waals surface area contributed by atoms with E-state index in [4.69, 9.17) is 11.5 Å². The van der Waals surface area contributed by atoms with E-state index in [1.807, 2.05) is 0 Å². The van der Waals surface area contributed by atoms with Crippen molar-refractivity contribution in [3.8, 4) is 12.3 Å². The Morgan fingerprint density at radius 1 is 1.28 bits per heavy atom. The lowest BCUT2D eigenvalue weighted by Crippen LogP contribution is -2.35. The molecule has 25 heavy (non-hydrogen) atoms. The van der Waals surface area contributed by atoms with E-state index in [1.54, 1.807) is 0 Å². The molecule has 6 nitrogen and oxygen atoms in total. The smallest absolute Gasteiger partial charge is 0.335 e. The van der Waals surface area contributed by atoms with Gasteiger partial charge in [0.2, 0.25) is 5.91 Å². The van der Waals surface area contributed by atoms with Crippen LogP contribution >= 0.6 is 0 Å². The number of carboxylic acids is 1. The van der Waals surface area contributed by atoms with Crippen LogP contribution < -0.4 is 5.32 Å². The zero-order valence-electron chi connectivity index (χ0n) is 13.6. The van der Waals surface area contributed by atoms with Crippen LogP contribution in [0.1, 0.15) is 54.4 Å². The summed E-state index contributed by atoms with van der Waals surface area (Å²) in [6.07, 6.45) is 8.45. The molecule has 1 fully saturated rings. The van der Waals surface area contributed by atoms with Gasteiger partial charge in [-0.1, -0.05) is 0 Å². The number of nitrogens with one attached hydrogen (secondary N) is 1. The lowest BCUT2D eigenvalue weighted by atomic mass is 9.99. The molecule has 0 bridgehead atoms. The molecule has 1 saturated carbocycles. The number of hydrogen-bond donors (Lipinski definition) is 2. The first-order chi connectivity index (χ1) is 11.9. The van der Waals surface area contributed by atoms with Gasteiger partial charge < -0.3 is 10.4 Å². The van der Waals surface area contributed by atoms with E-state index in [0.717, 1.165) is 6.07 Å². The zero-order valence-corrected chi connectivity index (χ0v) is 13.6. The molecule has 0 spiro atoms. The summed E-state index contributed by atoms with van der Waals surface area (Å²) < 4.78 is 13.7. The molecule has 130 valence electrons. The zero-order chi connectivity index (χ0) is 18.1. The Morgan fingerprint density at radius 3 is 2.56 bits per heavy atom. The molecule has 0 atom stereocenters. The van der Waals surface area contributed by atoms with Gasteiger partial charge in [0.05, 0.1) is 11.1 Å². The van der Waals surface area contributed by atoms with Gasteiger partial charge >= 0.3 is 5.97 Å². The van der Waals surface area contributed by atoms with Crippen LogP contribution in [0, 0.1) is 18.2 Å². The van der Waals surface area contributed by atoms with Gasteiger partial charge in [-0.15, -0.1) is 12.3 Å². The Morgan fingerprint density at radius 2 is 2.00 bits per heavy atom. The Labute approximate surface area is 144 Å². The van der Waals surface area contributed by atoms with E-state index in [2.05, 4.69) is 21.5 Å². The van der Waals surface area contributed by atoms with Crippen molar-refractivity contribution in [2.24, 2.45) is 10.2 Å². The number of carbonyl (C=O) groups is 2. The van der Waals surface area contributed by atoms with Crippen LogP contribution in [-0.4, -0.2) is 22.6 Å². The normalized spacial score (nSPS) is 18.2. The summed E-state index contributed by atoms with van der Waals surface area (Å²) in [5.74, 6) is 0.528. The number of terminal acetylenes is 1. The van der Waals surface area contributed by atoms with Gasteiger partial charge in [0.15, 0.2) is 5.66 Å². The second kappa shape index (κ2) is 6.28. The van der Waals surface area contributed by atoms with Gasteiger partial charge in [0, 0.05) is 25.7 Å². The van der Waals surface area contributed by atoms with E-state index < -0.39 is 23.0 Å². The number of amides is 1. The Bertz CT molecular complexity index is 787. The van der Waals surface area contributed by atoms with Crippen LogP contribution in [0.15, 0.2) is 28.4 Å². The summed E-state index contributed by atoms with van der Waals surface area (Å²) in [6, 6.07) is 3.66. The van der Waals surface area contributed by atoms with Crippen LogP contribution in [0.5, 0.6) is 0 Å². The number of rotatable bonds is 8. The minimum Gasteiger partial charge on any atom is -0.478 e. The number of aromatic carboxylic acids is 1. The third-order valence-electron chi connectivity index (χ3n) is 4.63. The maximum absolute atomic E-state index is 13.7. The van der Waals surface area contributed by atoms with Crippen molar-refractivity contribution in [1.82, 2.24) is 5.32 Å². The molecule has 1 amide bonds. The summed E-state index contributed by atoms with van der Waals surface area (Å²) >= 11 is 0. The van der Waals surface area contributed by atoms with Crippen molar-refractivity contribution in [2.45, 2.75) is 49.7 Å². The van der Waals surface area contributed by atoms with Crippen molar-refractivity contribution in [1.29, 1.82) is 0 Å². The minimum atomic E-state index is -1.20. The number of nitrogens with zero attached hydrogens (tertiary/aromatic N) is 2. The van der Waals surface area contributed by atoms with E-state index in [0.29, 0.717) is 37.7 Å². The molecule has 2 N–H and O–H groups in total. The molecule has 1 aliphatic carbocycles. The molecule has 3 rings (SSSR count). The second-order valence-electron chi connectivity index (χ2n) is 6.55. The van der Waals surface area contributed by atoms with E-state index in [-0.39, 0.29) is 17.9 Å². The molecular weight excluding hydrogens is 325 g/mol. The average molecular weight is 343 g/mol. The van der Waals surface area contributed by atoms with Gasteiger partial charge in [-0.05, 0) is 36.6 Å². The summed E-state index contributed by atoms with van der Waals surface area (Å²) in [4.78, 5) is 23.4. The number of hydrogen-bond acceptors (Lipinski definition) is 4. The molecule has 0 radical (unpaired) electrons. The summed E-state index contributed by atoms with van der Waals surface area (Å²) in [6.45, 7) is 0. The average Bonchev–Trinajstić information content (AvgIpc) is 3.48. The van der Waals surface area contributed by atoms with E-state index >= 15 is 0 Å². The van der Waals surface area contributed by atoms with Crippen LogP contribution in [0.25, 0.3) is 0 Å². The first kappa shape index (κ1) is 17.1. The van der Waals surface area contributed by atoms with Gasteiger partial charge in [0.25, 0.3) is 0 Å². The monoisotopic (exact) mass is 343 g/mol. The highest BCUT2D eigenvalue weighted by Crippen LogP contribution is 2.46. The molecule has 0 unspecified atom stereocenters. The molecule has 0 saturated heterocycles. The van der Waals surface area contributed by atoms with Gasteiger partial charge in [-0.25, -0.2) is 9.18 Å². The molecule has 2 aliphatic rings. The number of benzene rings is 1. The maximum Gasteiger partial charge on any atom is 0.335 e. The van der Waals surface area contributed by atoms with Crippen molar-refractivity contribution in [2.75, 3.05) is 0 Å². The number of carbonyl (C=O) groups excluding carboxylic acids is 1. The van der Waals surface area contributed by atoms with Gasteiger partial charge in [-0.2, -0.15) is 10.2 Å². The molecule has 7 heteroatoms. The van der Waals surface area contributed by atoms with Crippen LogP contribution in [0.2, 0.25) is 0 Å². The van der Waals surface area contributed by atoms with E-state index in [1.165, 1.54) is 12.1 Å². The third kappa shape index (κ3) is 3.85. The van der Waals surface area contributed by atoms with E-state index in [9.17, 15) is 14.0 Å². The summed E-state index contributed by atoms with van der Waals surface area (Å²) in [7, 11) is 0. The second-order valence-corrected chi connectivity index (χ2v) is 6.55. The molecule has 1 heterocycles. The maximum atomic E-state index is 13.7. The lowest BCUT2D eigenvalue weighted by molar-refractivity contribution is -0.122.